The molecule has 1 aromatic heterocycles. The summed E-state index contributed by atoms with van der Waals surface area (Å²) in [6.07, 6.45) is 5.12. The van der Waals surface area contributed by atoms with E-state index in [1.54, 1.807) is 25.3 Å². The number of benzene rings is 2. The Hall–Kier alpha value is -3.73. The van der Waals surface area contributed by atoms with Gasteiger partial charge < -0.3 is 14.1 Å². The maximum atomic E-state index is 13.0. The van der Waals surface area contributed by atoms with Crippen molar-refractivity contribution < 1.29 is 31.9 Å². The van der Waals surface area contributed by atoms with Crippen LogP contribution in [-0.4, -0.2) is 23.4 Å². The fourth-order valence-electron chi connectivity index (χ4n) is 4.18. The predicted octanol–water partition coefficient (Wildman–Crippen LogP) is 7.65. The first-order chi connectivity index (χ1) is 18.7. The second-order valence-corrected chi connectivity index (χ2v) is 9.38. The number of fused-ring (bicyclic) bond motifs is 1. The largest absolute Gasteiger partial charge is 0.463 e. The lowest BCUT2D eigenvalue weighted by molar-refractivity contribution is -0.160. The number of ether oxygens (including phenoxy) is 1. The third-order valence-electron chi connectivity index (χ3n) is 6.28. The van der Waals surface area contributed by atoms with Crippen molar-refractivity contribution in [2.45, 2.75) is 78.1 Å². The first-order valence-electron chi connectivity index (χ1n) is 13.3. The average molecular weight is 542 g/mol. The fraction of sp³-hybridized carbons (Fsp3) is 0.419. The Bertz CT molecular complexity index is 1300. The van der Waals surface area contributed by atoms with Gasteiger partial charge in [-0.1, -0.05) is 69.1 Å². The molecule has 1 amide bonds. The van der Waals surface area contributed by atoms with Gasteiger partial charge in [-0.25, -0.2) is 4.79 Å². The number of amides is 1. The SMILES string of the molecule is CCCCCCCCC#Cc1coc2ccc(CN(Cc3ccc(C(F)(F)F)cc3)C(=O)C(=O)OCC)cc12. The van der Waals surface area contributed by atoms with Crippen molar-refractivity contribution in [1.29, 1.82) is 0 Å². The molecule has 0 aliphatic heterocycles. The quantitative estimate of drug-likeness (QED) is 0.108. The van der Waals surface area contributed by atoms with Crippen LogP contribution in [0.25, 0.3) is 11.0 Å². The molecule has 0 radical (unpaired) electrons. The molecule has 0 saturated carbocycles. The number of furan rings is 1. The molecule has 5 nitrogen and oxygen atoms in total. The van der Waals surface area contributed by atoms with E-state index in [-0.39, 0.29) is 19.7 Å². The lowest BCUT2D eigenvalue weighted by Crippen LogP contribution is -2.36. The molecule has 0 aliphatic carbocycles. The van der Waals surface area contributed by atoms with E-state index in [2.05, 4.69) is 18.8 Å². The Labute approximate surface area is 227 Å². The summed E-state index contributed by atoms with van der Waals surface area (Å²) in [5.74, 6) is 4.49. The summed E-state index contributed by atoms with van der Waals surface area (Å²) < 4.78 is 49.4. The summed E-state index contributed by atoms with van der Waals surface area (Å²) in [6.45, 7) is 3.80. The molecule has 8 heteroatoms. The van der Waals surface area contributed by atoms with E-state index < -0.39 is 23.6 Å². The Morgan fingerprint density at radius 1 is 0.923 bits per heavy atom. The third kappa shape index (κ3) is 8.91. The third-order valence-corrected chi connectivity index (χ3v) is 6.28. The van der Waals surface area contributed by atoms with Crippen LogP contribution in [0.1, 0.15) is 81.0 Å². The Kier molecular flexibility index (Phi) is 11.0. The first-order valence-corrected chi connectivity index (χ1v) is 13.3. The summed E-state index contributed by atoms with van der Waals surface area (Å²) >= 11 is 0. The van der Waals surface area contributed by atoms with Crippen LogP contribution in [0.15, 0.2) is 53.1 Å². The number of halogens is 3. The standard InChI is InChI=1S/C31H34F3NO4/c1-3-5-6-7-8-9-10-11-12-25-22-39-28-18-15-24(19-27(25)28)21-35(29(36)30(37)38-4-2)20-23-13-16-26(17-14-23)31(32,33)34/h13-19,22H,3-10,20-21H2,1-2H3. The summed E-state index contributed by atoms with van der Waals surface area (Å²) in [7, 11) is 0. The van der Waals surface area contributed by atoms with E-state index in [1.807, 2.05) is 6.07 Å². The highest BCUT2D eigenvalue weighted by atomic mass is 19.4. The number of unbranched alkanes of at least 4 members (excludes halogenated alkanes) is 6. The maximum Gasteiger partial charge on any atom is 0.416 e. The normalized spacial score (nSPS) is 11.2. The van der Waals surface area contributed by atoms with Crippen LogP contribution in [0.5, 0.6) is 0 Å². The van der Waals surface area contributed by atoms with E-state index in [0.29, 0.717) is 16.7 Å². The number of esters is 1. The van der Waals surface area contributed by atoms with Crippen molar-refractivity contribution in [3.63, 3.8) is 0 Å². The van der Waals surface area contributed by atoms with E-state index in [0.717, 1.165) is 42.3 Å². The molecular formula is C31H34F3NO4. The summed E-state index contributed by atoms with van der Waals surface area (Å²) in [6, 6.07) is 9.90. The van der Waals surface area contributed by atoms with Gasteiger partial charge in [-0.2, -0.15) is 13.2 Å². The van der Waals surface area contributed by atoms with Crippen molar-refractivity contribution in [3.8, 4) is 11.8 Å². The minimum absolute atomic E-state index is 0.0282. The Morgan fingerprint density at radius 2 is 1.59 bits per heavy atom. The van der Waals surface area contributed by atoms with Gasteiger partial charge in [0.2, 0.25) is 0 Å². The van der Waals surface area contributed by atoms with Crippen LogP contribution in [0.4, 0.5) is 13.2 Å². The molecule has 0 unspecified atom stereocenters. The van der Waals surface area contributed by atoms with Gasteiger partial charge in [0.1, 0.15) is 11.8 Å². The van der Waals surface area contributed by atoms with E-state index in [4.69, 9.17) is 9.15 Å². The molecule has 39 heavy (non-hydrogen) atoms. The molecule has 0 saturated heterocycles. The highest BCUT2D eigenvalue weighted by Crippen LogP contribution is 2.29. The lowest BCUT2D eigenvalue weighted by atomic mass is 10.1. The van der Waals surface area contributed by atoms with Gasteiger partial charge in [-0.3, -0.25) is 4.79 Å². The topological polar surface area (TPSA) is 59.8 Å². The molecule has 0 aliphatic rings. The minimum atomic E-state index is -4.46. The number of carbonyl (C=O) groups excluding carboxylic acids is 2. The molecule has 208 valence electrons. The van der Waals surface area contributed by atoms with Gasteiger partial charge in [0.05, 0.1) is 17.7 Å². The van der Waals surface area contributed by atoms with Crippen LogP contribution in [-0.2, 0) is 33.6 Å². The molecule has 0 spiro atoms. The fourth-order valence-corrected chi connectivity index (χ4v) is 4.18. The van der Waals surface area contributed by atoms with Gasteiger partial charge in [0.15, 0.2) is 0 Å². The molecule has 2 aromatic carbocycles. The zero-order valence-electron chi connectivity index (χ0n) is 22.4. The van der Waals surface area contributed by atoms with Gasteiger partial charge in [-0.15, -0.1) is 0 Å². The van der Waals surface area contributed by atoms with Crippen molar-refractivity contribution in [1.82, 2.24) is 4.90 Å². The van der Waals surface area contributed by atoms with Crippen LogP contribution in [0, 0.1) is 11.8 Å². The lowest BCUT2D eigenvalue weighted by Gasteiger charge is -2.22. The summed E-state index contributed by atoms with van der Waals surface area (Å²) in [5, 5.41) is 0.793. The average Bonchev–Trinajstić information content (AvgIpc) is 3.31. The highest BCUT2D eigenvalue weighted by Gasteiger charge is 2.30. The predicted molar refractivity (Wildman–Crippen MR) is 143 cm³/mol. The molecule has 1 heterocycles. The molecule has 3 aromatic rings. The number of carbonyl (C=O) groups is 2. The van der Waals surface area contributed by atoms with Crippen molar-refractivity contribution in [2.24, 2.45) is 0 Å². The van der Waals surface area contributed by atoms with Crippen molar-refractivity contribution >= 4 is 22.8 Å². The van der Waals surface area contributed by atoms with Crippen LogP contribution >= 0.6 is 0 Å². The maximum absolute atomic E-state index is 13.0. The molecule has 0 fully saturated rings. The zero-order valence-corrected chi connectivity index (χ0v) is 22.4. The van der Waals surface area contributed by atoms with Gasteiger partial charge in [0, 0.05) is 24.9 Å². The summed E-state index contributed by atoms with van der Waals surface area (Å²) in [4.78, 5) is 26.3. The number of rotatable bonds is 11. The molecule has 3 rings (SSSR count). The second-order valence-electron chi connectivity index (χ2n) is 9.38. The van der Waals surface area contributed by atoms with Gasteiger partial charge >= 0.3 is 18.1 Å². The zero-order chi connectivity index (χ0) is 28.3. The second kappa shape index (κ2) is 14.4. The van der Waals surface area contributed by atoms with Gasteiger partial charge in [0.25, 0.3) is 0 Å². The number of alkyl halides is 3. The van der Waals surface area contributed by atoms with Crippen LogP contribution in [0.2, 0.25) is 0 Å². The Morgan fingerprint density at radius 3 is 2.28 bits per heavy atom. The van der Waals surface area contributed by atoms with E-state index in [9.17, 15) is 22.8 Å². The van der Waals surface area contributed by atoms with Crippen LogP contribution < -0.4 is 0 Å². The monoisotopic (exact) mass is 541 g/mol. The van der Waals surface area contributed by atoms with Crippen molar-refractivity contribution in [3.05, 3.63) is 71.0 Å². The smallest absolute Gasteiger partial charge is 0.416 e. The number of hydrogen-bond acceptors (Lipinski definition) is 4. The molecule has 0 bridgehead atoms. The number of hydrogen-bond donors (Lipinski definition) is 0. The minimum Gasteiger partial charge on any atom is -0.463 e. The van der Waals surface area contributed by atoms with E-state index in [1.165, 1.54) is 42.7 Å². The first kappa shape index (κ1) is 29.8. The molecule has 0 N–H and O–H groups in total. The van der Waals surface area contributed by atoms with Crippen LogP contribution in [0.3, 0.4) is 0 Å². The Balaban J connectivity index is 1.75. The molecular weight excluding hydrogens is 507 g/mol. The number of nitrogens with zero attached hydrogens (tertiary/aromatic N) is 1. The van der Waals surface area contributed by atoms with Crippen molar-refractivity contribution in [2.75, 3.05) is 6.61 Å². The van der Waals surface area contributed by atoms with E-state index >= 15 is 0 Å². The molecule has 0 atom stereocenters. The van der Waals surface area contributed by atoms with Gasteiger partial charge in [-0.05, 0) is 48.7 Å². The summed E-state index contributed by atoms with van der Waals surface area (Å²) in [5.41, 5.74) is 1.77. The highest BCUT2D eigenvalue weighted by molar-refractivity contribution is 6.32.